The minimum atomic E-state index is 0.322. The number of piperazine rings is 1. The van der Waals surface area contributed by atoms with E-state index in [9.17, 15) is 4.79 Å². The molecule has 0 N–H and O–H groups in total. The molecule has 4 heteroatoms. The van der Waals surface area contributed by atoms with Crippen LogP contribution < -0.4 is 0 Å². The van der Waals surface area contributed by atoms with Crippen molar-refractivity contribution in [1.82, 2.24) is 14.7 Å². The molecule has 29 heavy (non-hydrogen) atoms. The molecule has 158 valence electrons. The van der Waals surface area contributed by atoms with Crippen molar-refractivity contribution in [3.8, 4) is 0 Å². The summed E-state index contributed by atoms with van der Waals surface area (Å²) in [6.07, 6.45) is 10.5. The third-order valence-corrected chi connectivity index (χ3v) is 8.31. The first-order chi connectivity index (χ1) is 14.2. The predicted octanol–water partition coefficient (Wildman–Crippen LogP) is 3.77. The highest BCUT2D eigenvalue weighted by Gasteiger charge is 2.59. The Morgan fingerprint density at radius 2 is 1.59 bits per heavy atom. The van der Waals surface area contributed by atoms with Crippen LogP contribution in [0.15, 0.2) is 30.3 Å². The van der Waals surface area contributed by atoms with E-state index in [2.05, 4.69) is 45.0 Å². The molecule has 2 aliphatic heterocycles. The van der Waals surface area contributed by atoms with Gasteiger partial charge in [-0.05, 0) is 56.2 Å². The Morgan fingerprint density at radius 3 is 2.28 bits per heavy atom. The topological polar surface area (TPSA) is 26.8 Å². The maximum Gasteiger partial charge on any atom is 0.226 e. The van der Waals surface area contributed by atoms with E-state index in [1.807, 2.05) is 0 Å². The van der Waals surface area contributed by atoms with Crippen molar-refractivity contribution in [2.75, 3.05) is 39.3 Å². The second-order valence-electron chi connectivity index (χ2n) is 10.0. The van der Waals surface area contributed by atoms with Crippen molar-refractivity contribution in [2.24, 2.45) is 11.3 Å². The summed E-state index contributed by atoms with van der Waals surface area (Å²) in [5.74, 6) is 0.799. The average Bonchev–Trinajstić information content (AvgIpc) is 3.50. The fraction of sp³-hybridized carbons (Fsp3) is 0.720. The predicted molar refractivity (Wildman–Crippen MR) is 117 cm³/mol. The van der Waals surface area contributed by atoms with E-state index in [0.717, 1.165) is 58.3 Å². The van der Waals surface area contributed by atoms with E-state index >= 15 is 0 Å². The van der Waals surface area contributed by atoms with Crippen LogP contribution in [0.5, 0.6) is 0 Å². The van der Waals surface area contributed by atoms with Crippen LogP contribution in [0.25, 0.3) is 0 Å². The molecule has 1 atom stereocenters. The summed E-state index contributed by atoms with van der Waals surface area (Å²) in [6.45, 7) is 7.47. The molecule has 1 spiro atoms. The second-order valence-corrected chi connectivity index (χ2v) is 10.0. The number of rotatable bonds is 4. The molecular weight excluding hydrogens is 358 g/mol. The molecular formula is C25H37N3O. The van der Waals surface area contributed by atoms with E-state index in [1.165, 1.54) is 50.5 Å². The Balaban J connectivity index is 1.08. The highest BCUT2D eigenvalue weighted by Crippen LogP contribution is 2.60. The summed E-state index contributed by atoms with van der Waals surface area (Å²) in [5, 5.41) is 0. The highest BCUT2D eigenvalue weighted by molar-refractivity contribution is 5.83. The maximum atomic E-state index is 13.2. The molecule has 4 aliphatic rings. The fourth-order valence-electron chi connectivity index (χ4n) is 6.22. The molecule has 0 bridgehead atoms. The van der Waals surface area contributed by atoms with E-state index in [4.69, 9.17) is 0 Å². The SMILES string of the molecule is O=C(C1CC12CCN(Cc1ccccc1)CC2)N1CCN(C2CCCCC2)CC1. The molecule has 4 fully saturated rings. The van der Waals surface area contributed by atoms with Crippen LogP contribution in [-0.2, 0) is 11.3 Å². The van der Waals surface area contributed by atoms with Crippen molar-refractivity contribution in [3.05, 3.63) is 35.9 Å². The van der Waals surface area contributed by atoms with Crippen LogP contribution in [0.1, 0.15) is 56.9 Å². The zero-order valence-corrected chi connectivity index (χ0v) is 17.9. The molecule has 1 aromatic carbocycles. The summed E-state index contributed by atoms with van der Waals surface area (Å²) >= 11 is 0. The Bertz CT molecular complexity index is 683. The summed E-state index contributed by atoms with van der Waals surface area (Å²) in [4.78, 5) is 20.6. The standard InChI is InChI=1S/C25H37N3O/c29-24(28-17-15-27(16-18-28)22-9-5-2-6-10-22)23-19-25(23)11-13-26(14-12-25)20-21-7-3-1-4-8-21/h1,3-4,7-8,22-23H,2,5-6,9-20H2. The first kappa shape index (κ1) is 19.6. The van der Waals surface area contributed by atoms with Gasteiger partial charge in [-0.1, -0.05) is 49.6 Å². The minimum absolute atomic E-state index is 0.322. The lowest BCUT2D eigenvalue weighted by atomic mass is 9.90. The number of hydrogen-bond acceptors (Lipinski definition) is 3. The molecule has 0 aromatic heterocycles. The fourth-order valence-corrected chi connectivity index (χ4v) is 6.22. The average molecular weight is 396 g/mol. The Hall–Kier alpha value is -1.39. The zero-order valence-electron chi connectivity index (χ0n) is 17.9. The second kappa shape index (κ2) is 8.39. The normalized spacial score (nSPS) is 28.6. The Labute approximate surface area is 176 Å². The third-order valence-electron chi connectivity index (χ3n) is 8.31. The number of likely N-dealkylation sites (tertiary alicyclic amines) is 1. The lowest BCUT2D eigenvalue weighted by Crippen LogP contribution is -2.53. The van der Waals surface area contributed by atoms with Crippen LogP contribution in [0, 0.1) is 11.3 Å². The largest absolute Gasteiger partial charge is 0.340 e. The maximum absolute atomic E-state index is 13.2. The lowest BCUT2D eigenvalue weighted by Gasteiger charge is -2.41. The van der Waals surface area contributed by atoms with Gasteiger partial charge in [-0.2, -0.15) is 0 Å². The smallest absolute Gasteiger partial charge is 0.226 e. The first-order valence-corrected chi connectivity index (χ1v) is 12.0. The van der Waals surface area contributed by atoms with E-state index in [-0.39, 0.29) is 0 Å². The molecule has 2 saturated carbocycles. The highest BCUT2D eigenvalue weighted by atomic mass is 16.2. The van der Waals surface area contributed by atoms with Crippen molar-refractivity contribution in [3.63, 3.8) is 0 Å². The van der Waals surface area contributed by atoms with Crippen LogP contribution in [-0.4, -0.2) is 65.9 Å². The summed E-state index contributed by atoms with van der Waals surface area (Å²) < 4.78 is 0. The zero-order chi connectivity index (χ0) is 19.7. The number of benzene rings is 1. The molecule has 1 aromatic rings. The number of carbonyl (C=O) groups is 1. The van der Waals surface area contributed by atoms with Crippen molar-refractivity contribution < 1.29 is 4.79 Å². The first-order valence-electron chi connectivity index (χ1n) is 12.0. The molecule has 4 nitrogen and oxygen atoms in total. The van der Waals surface area contributed by atoms with Gasteiger partial charge in [0, 0.05) is 44.7 Å². The van der Waals surface area contributed by atoms with Crippen molar-refractivity contribution in [2.45, 2.75) is 64.0 Å². The van der Waals surface area contributed by atoms with Gasteiger partial charge in [-0.25, -0.2) is 0 Å². The molecule has 2 saturated heterocycles. The molecule has 2 aliphatic carbocycles. The van der Waals surface area contributed by atoms with Gasteiger partial charge in [0.1, 0.15) is 0 Å². The Morgan fingerprint density at radius 1 is 0.897 bits per heavy atom. The molecule has 5 rings (SSSR count). The molecule has 1 unspecified atom stereocenters. The summed E-state index contributed by atoms with van der Waals surface area (Å²) in [6, 6.07) is 11.6. The van der Waals surface area contributed by atoms with Crippen molar-refractivity contribution in [1.29, 1.82) is 0 Å². The van der Waals surface area contributed by atoms with E-state index < -0.39 is 0 Å². The van der Waals surface area contributed by atoms with Crippen LogP contribution in [0.3, 0.4) is 0 Å². The van der Waals surface area contributed by atoms with Gasteiger partial charge in [0.15, 0.2) is 0 Å². The van der Waals surface area contributed by atoms with Gasteiger partial charge in [0.2, 0.25) is 5.91 Å². The minimum Gasteiger partial charge on any atom is -0.340 e. The number of nitrogens with zero attached hydrogens (tertiary/aromatic N) is 3. The van der Waals surface area contributed by atoms with Crippen LogP contribution in [0.4, 0.5) is 0 Å². The van der Waals surface area contributed by atoms with E-state index in [0.29, 0.717) is 17.2 Å². The summed E-state index contributed by atoms with van der Waals surface area (Å²) in [7, 11) is 0. The van der Waals surface area contributed by atoms with E-state index in [1.54, 1.807) is 0 Å². The Kier molecular flexibility index (Phi) is 5.66. The molecule has 1 amide bonds. The quantitative estimate of drug-likeness (QED) is 0.777. The monoisotopic (exact) mass is 395 g/mol. The van der Waals surface area contributed by atoms with Gasteiger partial charge < -0.3 is 4.90 Å². The van der Waals surface area contributed by atoms with Crippen molar-refractivity contribution >= 4 is 5.91 Å². The van der Waals surface area contributed by atoms with Gasteiger partial charge in [-0.15, -0.1) is 0 Å². The number of amides is 1. The van der Waals surface area contributed by atoms with Crippen LogP contribution >= 0.6 is 0 Å². The van der Waals surface area contributed by atoms with Gasteiger partial charge in [-0.3, -0.25) is 14.6 Å². The number of piperidine rings is 1. The van der Waals surface area contributed by atoms with Gasteiger partial charge >= 0.3 is 0 Å². The molecule has 0 radical (unpaired) electrons. The number of carbonyl (C=O) groups excluding carboxylic acids is 1. The lowest BCUT2D eigenvalue weighted by molar-refractivity contribution is -0.136. The number of hydrogen-bond donors (Lipinski definition) is 0. The third kappa shape index (κ3) is 4.25. The van der Waals surface area contributed by atoms with Crippen LogP contribution in [0.2, 0.25) is 0 Å². The molecule has 2 heterocycles. The summed E-state index contributed by atoms with van der Waals surface area (Å²) in [5.41, 5.74) is 1.74. The van der Waals surface area contributed by atoms with Gasteiger partial charge in [0.25, 0.3) is 0 Å². The van der Waals surface area contributed by atoms with Gasteiger partial charge in [0.05, 0.1) is 0 Å².